The molecule has 1 amide bonds. The number of amides is 1. The van der Waals surface area contributed by atoms with Crippen LogP contribution < -0.4 is 4.74 Å². The van der Waals surface area contributed by atoms with Crippen LogP contribution in [0.5, 0.6) is 5.75 Å². The van der Waals surface area contributed by atoms with Crippen molar-refractivity contribution in [1.82, 2.24) is 9.80 Å². The van der Waals surface area contributed by atoms with Crippen LogP contribution in [0, 0.1) is 17.7 Å². The molecule has 2 heterocycles. The Morgan fingerprint density at radius 2 is 2.08 bits per heavy atom. The second-order valence-electron chi connectivity index (χ2n) is 7.30. The summed E-state index contributed by atoms with van der Waals surface area (Å²) < 4.78 is 24.7. The van der Waals surface area contributed by atoms with E-state index in [0.29, 0.717) is 37.3 Å². The molecular formula is C19H25FN2O3. The molecule has 25 heavy (non-hydrogen) atoms. The lowest BCUT2D eigenvalue weighted by molar-refractivity contribution is -0.132. The van der Waals surface area contributed by atoms with Gasteiger partial charge in [-0.05, 0) is 30.9 Å². The van der Waals surface area contributed by atoms with Crippen LogP contribution in [0.4, 0.5) is 4.39 Å². The third kappa shape index (κ3) is 3.80. The van der Waals surface area contributed by atoms with Gasteiger partial charge in [0.2, 0.25) is 5.91 Å². The van der Waals surface area contributed by atoms with E-state index in [1.807, 2.05) is 4.90 Å². The number of likely N-dealkylation sites (tertiary alicyclic amines) is 1. The number of fused-ring (bicyclic) bond motifs is 1. The zero-order valence-electron chi connectivity index (χ0n) is 14.4. The average molecular weight is 348 g/mol. The minimum Gasteiger partial charge on any atom is -0.490 e. The Morgan fingerprint density at radius 1 is 1.24 bits per heavy atom. The zero-order chi connectivity index (χ0) is 17.2. The number of morpholine rings is 1. The van der Waals surface area contributed by atoms with Gasteiger partial charge >= 0.3 is 0 Å². The molecule has 3 aliphatic rings. The number of benzene rings is 1. The van der Waals surface area contributed by atoms with E-state index in [0.717, 1.165) is 39.0 Å². The maximum Gasteiger partial charge on any atom is 0.236 e. The van der Waals surface area contributed by atoms with Crippen LogP contribution in [0.2, 0.25) is 0 Å². The standard InChI is InChI=1S/C19H25FN2O3/c20-15-2-1-3-16(10-15)25-18-5-4-14-11-22(12-17(14)18)19(23)13-21-6-8-24-9-7-21/h1-3,10,14,17-18H,4-9,11-13H2/t14-,17+,18-/m0/s1. The van der Waals surface area contributed by atoms with Gasteiger partial charge in [0.25, 0.3) is 0 Å². The number of carbonyl (C=O) groups excluding carboxylic acids is 1. The Morgan fingerprint density at radius 3 is 2.88 bits per heavy atom. The van der Waals surface area contributed by atoms with Crippen LogP contribution in [-0.4, -0.2) is 67.7 Å². The molecule has 2 aliphatic heterocycles. The van der Waals surface area contributed by atoms with Gasteiger partial charge in [-0.3, -0.25) is 9.69 Å². The molecule has 1 aromatic carbocycles. The summed E-state index contributed by atoms with van der Waals surface area (Å²) in [6, 6.07) is 6.33. The summed E-state index contributed by atoms with van der Waals surface area (Å²) in [5.74, 6) is 1.38. The summed E-state index contributed by atoms with van der Waals surface area (Å²) in [5, 5.41) is 0. The summed E-state index contributed by atoms with van der Waals surface area (Å²) in [7, 11) is 0. The summed E-state index contributed by atoms with van der Waals surface area (Å²) in [5.41, 5.74) is 0. The molecule has 1 aromatic rings. The quantitative estimate of drug-likeness (QED) is 0.832. The molecule has 0 radical (unpaired) electrons. The molecule has 136 valence electrons. The highest BCUT2D eigenvalue weighted by Gasteiger charge is 2.45. The van der Waals surface area contributed by atoms with Gasteiger partial charge in [-0.15, -0.1) is 0 Å². The van der Waals surface area contributed by atoms with E-state index in [1.54, 1.807) is 12.1 Å². The Bertz CT molecular complexity index is 620. The lowest BCUT2D eigenvalue weighted by atomic mass is 9.99. The maximum atomic E-state index is 13.4. The fourth-order valence-corrected chi connectivity index (χ4v) is 4.33. The van der Waals surface area contributed by atoms with Crippen LogP contribution in [0.25, 0.3) is 0 Å². The first kappa shape index (κ1) is 16.8. The molecule has 0 bridgehead atoms. The van der Waals surface area contributed by atoms with E-state index in [2.05, 4.69) is 4.90 Å². The molecule has 5 nitrogen and oxygen atoms in total. The predicted molar refractivity (Wildman–Crippen MR) is 90.9 cm³/mol. The van der Waals surface area contributed by atoms with Crippen molar-refractivity contribution in [2.45, 2.75) is 18.9 Å². The first-order valence-corrected chi connectivity index (χ1v) is 9.19. The third-order valence-corrected chi connectivity index (χ3v) is 5.69. The minimum absolute atomic E-state index is 0.0768. The first-order chi connectivity index (χ1) is 12.2. The Balaban J connectivity index is 1.33. The normalized spacial score (nSPS) is 29.6. The first-order valence-electron chi connectivity index (χ1n) is 9.19. The molecule has 1 saturated carbocycles. The van der Waals surface area contributed by atoms with Crippen molar-refractivity contribution in [2.24, 2.45) is 11.8 Å². The van der Waals surface area contributed by atoms with Gasteiger partial charge in [-0.2, -0.15) is 0 Å². The number of hydrogen-bond donors (Lipinski definition) is 0. The van der Waals surface area contributed by atoms with E-state index in [9.17, 15) is 9.18 Å². The van der Waals surface area contributed by atoms with Crippen molar-refractivity contribution in [3.63, 3.8) is 0 Å². The number of rotatable bonds is 4. The largest absolute Gasteiger partial charge is 0.490 e. The number of halogens is 1. The Labute approximate surface area is 147 Å². The van der Waals surface area contributed by atoms with E-state index in [4.69, 9.17) is 9.47 Å². The molecular weight excluding hydrogens is 323 g/mol. The highest BCUT2D eigenvalue weighted by Crippen LogP contribution is 2.40. The highest BCUT2D eigenvalue weighted by atomic mass is 19.1. The third-order valence-electron chi connectivity index (χ3n) is 5.69. The molecule has 0 N–H and O–H groups in total. The zero-order valence-corrected chi connectivity index (χ0v) is 14.4. The molecule has 2 saturated heterocycles. The number of ether oxygens (including phenoxy) is 2. The van der Waals surface area contributed by atoms with Crippen molar-refractivity contribution in [3.8, 4) is 5.75 Å². The second-order valence-corrected chi connectivity index (χ2v) is 7.30. The second kappa shape index (κ2) is 7.30. The van der Waals surface area contributed by atoms with Crippen LogP contribution in [0.1, 0.15) is 12.8 Å². The topological polar surface area (TPSA) is 42.0 Å². The molecule has 3 fully saturated rings. The molecule has 0 spiro atoms. The smallest absolute Gasteiger partial charge is 0.236 e. The highest BCUT2D eigenvalue weighted by molar-refractivity contribution is 5.78. The summed E-state index contributed by atoms with van der Waals surface area (Å²) >= 11 is 0. The number of nitrogens with zero attached hydrogens (tertiary/aromatic N) is 2. The molecule has 6 heteroatoms. The predicted octanol–water partition coefficient (Wildman–Crippen LogP) is 1.77. The van der Waals surface area contributed by atoms with Gasteiger partial charge < -0.3 is 14.4 Å². The van der Waals surface area contributed by atoms with Crippen molar-refractivity contribution in [1.29, 1.82) is 0 Å². The average Bonchev–Trinajstić information content (AvgIpc) is 3.18. The number of carbonyl (C=O) groups is 1. The number of hydrogen-bond acceptors (Lipinski definition) is 4. The van der Waals surface area contributed by atoms with Gasteiger partial charge in [0, 0.05) is 38.2 Å². The van der Waals surface area contributed by atoms with Crippen molar-refractivity contribution < 1.29 is 18.7 Å². The monoisotopic (exact) mass is 348 g/mol. The van der Waals surface area contributed by atoms with E-state index >= 15 is 0 Å². The minimum atomic E-state index is -0.277. The van der Waals surface area contributed by atoms with Crippen LogP contribution in [0.15, 0.2) is 24.3 Å². The van der Waals surface area contributed by atoms with E-state index in [1.165, 1.54) is 12.1 Å². The summed E-state index contributed by atoms with van der Waals surface area (Å²) in [4.78, 5) is 16.8. The SMILES string of the molecule is O=C(CN1CCOCC1)N1C[C@@H]2CC[C@H](Oc3cccc(F)c3)[C@@H]2C1. The molecule has 1 aliphatic carbocycles. The summed E-state index contributed by atoms with van der Waals surface area (Å²) in [6.07, 6.45) is 2.14. The van der Waals surface area contributed by atoms with E-state index in [-0.39, 0.29) is 17.8 Å². The van der Waals surface area contributed by atoms with Gasteiger partial charge in [-0.1, -0.05) is 6.07 Å². The van der Waals surface area contributed by atoms with Crippen molar-refractivity contribution >= 4 is 5.91 Å². The molecule has 4 rings (SSSR count). The molecule has 0 aromatic heterocycles. The van der Waals surface area contributed by atoms with Gasteiger partial charge in [0.1, 0.15) is 17.7 Å². The Kier molecular flexibility index (Phi) is 4.90. The maximum absolute atomic E-state index is 13.4. The van der Waals surface area contributed by atoms with Crippen LogP contribution in [-0.2, 0) is 9.53 Å². The van der Waals surface area contributed by atoms with Crippen LogP contribution >= 0.6 is 0 Å². The van der Waals surface area contributed by atoms with Gasteiger partial charge in [0.05, 0.1) is 19.8 Å². The summed E-state index contributed by atoms with van der Waals surface area (Å²) in [6.45, 7) is 5.16. The lowest BCUT2D eigenvalue weighted by Crippen LogP contribution is -2.44. The molecule has 0 unspecified atom stereocenters. The molecule has 3 atom stereocenters. The Hall–Kier alpha value is -1.66. The lowest BCUT2D eigenvalue weighted by Gasteiger charge is -2.28. The van der Waals surface area contributed by atoms with Crippen molar-refractivity contribution in [3.05, 3.63) is 30.1 Å². The van der Waals surface area contributed by atoms with E-state index < -0.39 is 0 Å². The fraction of sp³-hybridized carbons (Fsp3) is 0.632. The van der Waals surface area contributed by atoms with Gasteiger partial charge in [-0.25, -0.2) is 4.39 Å². The van der Waals surface area contributed by atoms with Gasteiger partial charge in [0.15, 0.2) is 0 Å². The van der Waals surface area contributed by atoms with Crippen molar-refractivity contribution in [2.75, 3.05) is 45.9 Å². The fourth-order valence-electron chi connectivity index (χ4n) is 4.33. The van der Waals surface area contributed by atoms with Crippen LogP contribution in [0.3, 0.4) is 0 Å².